The predicted molar refractivity (Wildman–Crippen MR) is 61.3 cm³/mol. The van der Waals surface area contributed by atoms with Gasteiger partial charge in [-0.25, -0.2) is 0 Å². The van der Waals surface area contributed by atoms with Crippen LogP contribution in [0, 0.1) is 22.1 Å². The zero-order chi connectivity index (χ0) is 13.2. The summed E-state index contributed by atoms with van der Waals surface area (Å²) < 4.78 is 30.2. The zero-order valence-electron chi connectivity index (χ0n) is 10.7. The molecule has 2 unspecified atom stereocenters. The maximum absolute atomic E-state index is 8.83. The molecular formula is C12H24ClNO4. The van der Waals surface area contributed by atoms with Crippen LogP contribution < -0.4 is 4.66 Å². The van der Waals surface area contributed by atoms with Gasteiger partial charge in [0.25, 0.3) is 0 Å². The summed E-state index contributed by atoms with van der Waals surface area (Å²) in [6.45, 7) is 2.83. The molecule has 3 rings (SSSR count). The Bertz CT molecular complexity index is 220. The van der Waals surface area contributed by atoms with Crippen LogP contribution in [0.15, 0.2) is 0 Å². The fourth-order valence-electron chi connectivity index (χ4n) is 4.12. The summed E-state index contributed by atoms with van der Waals surface area (Å²) in [5, 5.41) is 0. The molecule has 2 saturated heterocycles. The van der Waals surface area contributed by atoms with Gasteiger partial charge < -0.3 is 0 Å². The number of hydrogen-bond acceptors (Lipinski definition) is 5. The third-order valence-corrected chi connectivity index (χ3v) is 4.58. The van der Waals surface area contributed by atoms with Gasteiger partial charge in [0.15, 0.2) is 0 Å². The van der Waals surface area contributed by atoms with E-state index in [0.29, 0.717) is 0 Å². The van der Waals surface area contributed by atoms with Crippen LogP contribution in [0.5, 0.6) is 0 Å². The van der Waals surface area contributed by atoms with E-state index in [9.17, 15) is 0 Å². The van der Waals surface area contributed by atoms with E-state index in [-0.39, 0.29) is 0 Å². The molecule has 0 spiro atoms. The normalized spacial score (nSPS) is 37.2. The van der Waals surface area contributed by atoms with Crippen LogP contribution in [-0.4, -0.2) is 38.0 Å². The first-order valence-electron chi connectivity index (χ1n) is 6.85. The van der Waals surface area contributed by atoms with Gasteiger partial charge in [0.05, 0.1) is 0 Å². The number of halogens is 1. The SMILES string of the molecule is C1CC2CCCN3CCCC(C1)C23.[O-][Cl+](O)(O)O. The quantitative estimate of drug-likeness (QED) is 0.572. The van der Waals surface area contributed by atoms with Crippen LogP contribution in [0.3, 0.4) is 0 Å². The number of hydrogen-bond donors (Lipinski definition) is 3. The zero-order valence-corrected chi connectivity index (χ0v) is 11.4. The fraction of sp³-hybridized carbons (Fsp3) is 1.00. The molecule has 3 aliphatic rings. The van der Waals surface area contributed by atoms with E-state index in [1.165, 1.54) is 58.0 Å². The molecule has 0 aromatic carbocycles. The van der Waals surface area contributed by atoms with Crippen molar-refractivity contribution >= 4 is 0 Å². The van der Waals surface area contributed by atoms with Gasteiger partial charge in [0.1, 0.15) is 0 Å². The molecule has 0 bridgehead atoms. The first-order chi connectivity index (χ1) is 8.45. The Hall–Kier alpha value is 0.0900. The van der Waals surface area contributed by atoms with Crippen molar-refractivity contribution in [1.29, 1.82) is 0 Å². The minimum absolute atomic E-state index is 1.02. The van der Waals surface area contributed by atoms with Crippen LogP contribution in [0.4, 0.5) is 0 Å². The second-order valence-corrected chi connectivity index (χ2v) is 6.56. The Balaban J connectivity index is 0.000000209. The topological polar surface area (TPSA) is 87.0 Å². The van der Waals surface area contributed by atoms with Crippen molar-refractivity contribution in [3.8, 4) is 0 Å². The van der Waals surface area contributed by atoms with Crippen LogP contribution in [0.1, 0.15) is 44.9 Å². The van der Waals surface area contributed by atoms with Gasteiger partial charge in [-0.2, -0.15) is 0 Å². The molecule has 0 aromatic heterocycles. The van der Waals surface area contributed by atoms with Crippen molar-refractivity contribution in [3.63, 3.8) is 0 Å². The Morgan fingerprint density at radius 3 is 1.67 bits per heavy atom. The summed E-state index contributed by atoms with van der Waals surface area (Å²) in [4.78, 5) is 2.82. The average molecular weight is 282 g/mol. The molecule has 3 fully saturated rings. The van der Waals surface area contributed by atoms with Gasteiger partial charge in [-0.15, -0.1) is 0 Å². The van der Waals surface area contributed by atoms with Crippen molar-refractivity contribution in [1.82, 2.24) is 4.90 Å². The molecule has 2 atom stereocenters. The van der Waals surface area contributed by atoms with Crippen molar-refractivity contribution < 1.29 is 28.9 Å². The van der Waals surface area contributed by atoms with E-state index in [2.05, 4.69) is 4.90 Å². The summed E-state index contributed by atoms with van der Waals surface area (Å²) in [7, 11) is -4.19. The Labute approximate surface area is 110 Å². The van der Waals surface area contributed by atoms with E-state index in [1.54, 1.807) is 0 Å². The molecule has 0 radical (unpaired) electrons. The fourth-order valence-corrected chi connectivity index (χ4v) is 4.12. The van der Waals surface area contributed by atoms with Gasteiger partial charge >= 0.3 is 28.9 Å². The first kappa shape index (κ1) is 14.5. The van der Waals surface area contributed by atoms with Crippen molar-refractivity contribution in [2.24, 2.45) is 11.8 Å². The summed E-state index contributed by atoms with van der Waals surface area (Å²) >= 11 is 0. The Kier molecular flexibility index (Phi) is 4.86. The van der Waals surface area contributed by atoms with Crippen molar-refractivity contribution in [2.45, 2.75) is 51.0 Å². The second kappa shape index (κ2) is 6.03. The Morgan fingerprint density at radius 2 is 1.22 bits per heavy atom. The molecule has 5 nitrogen and oxygen atoms in total. The van der Waals surface area contributed by atoms with Gasteiger partial charge in [-0.1, -0.05) is 6.42 Å². The molecule has 0 aromatic rings. The predicted octanol–water partition coefficient (Wildman–Crippen LogP) is -0.199. The summed E-state index contributed by atoms with van der Waals surface area (Å²) in [6.07, 6.45) is 10.6. The molecule has 0 amide bonds. The Morgan fingerprint density at radius 1 is 0.833 bits per heavy atom. The molecule has 6 heteroatoms. The monoisotopic (exact) mass is 281 g/mol. The van der Waals surface area contributed by atoms with Crippen LogP contribution >= 0.6 is 0 Å². The first-order valence-corrected chi connectivity index (χ1v) is 8.17. The summed E-state index contributed by atoms with van der Waals surface area (Å²) in [6, 6.07) is 1.02. The molecule has 2 heterocycles. The second-order valence-electron chi connectivity index (χ2n) is 5.70. The third-order valence-electron chi connectivity index (χ3n) is 4.58. The van der Waals surface area contributed by atoms with Crippen molar-refractivity contribution in [3.05, 3.63) is 0 Å². The summed E-state index contributed by atoms with van der Waals surface area (Å²) in [5.41, 5.74) is 0. The van der Waals surface area contributed by atoms with E-state index < -0.39 is 10.2 Å². The maximum atomic E-state index is 8.83. The van der Waals surface area contributed by atoms with Gasteiger partial charge in [-0.05, 0) is 63.5 Å². The van der Waals surface area contributed by atoms with Crippen LogP contribution in [-0.2, 0) is 0 Å². The van der Waals surface area contributed by atoms with E-state index in [1.807, 2.05) is 0 Å². The van der Waals surface area contributed by atoms with Gasteiger partial charge in [0.2, 0.25) is 0 Å². The molecule has 3 N–H and O–H groups in total. The number of nitrogens with zero attached hydrogens (tertiary/aromatic N) is 1. The van der Waals surface area contributed by atoms with Crippen LogP contribution in [0.2, 0.25) is 0 Å². The third kappa shape index (κ3) is 4.05. The van der Waals surface area contributed by atoms with Gasteiger partial charge in [0, 0.05) is 6.04 Å². The number of piperidine rings is 2. The summed E-state index contributed by atoms with van der Waals surface area (Å²) in [5.74, 6) is 2.18. The van der Waals surface area contributed by atoms with E-state index in [4.69, 9.17) is 18.6 Å². The van der Waals surface area contributed by atoms with E-state index >= 15 is 0 Å². The molecule has 1 saturated carbocycles. The molecule has 2 aliphatic heterocycles. The standard InChI is InChI=1S/C12H21N.ClH3O4/c1-4-10-6-2-8-13-9-3-7-11(5-1)12(10)13;2-1(3,4)5/h10-12H,1-9H2;2-4H. The van der Waals surface area contributed by atoms with E-state index in [0.717, 1.165) is 17.9 Å². The van der Waals surface area contributed by atoms with Gasteiger partial charge in [-0.3, -0.25) is 4.90 Å². The van der Waals surface area contributed by atoms with Crippen LogP contribution in [0.25, 0.3) is 0 Å². The molecule has 1 aliphatic carbocycles. The molecule has 18 heavy (non-hydrogen) atoms. The molecule has 108 valence electrons. The number of rotatable bonds is 0. The molecular weight excluding hydrogens is 258 g/mol. The van der Waals surface area contributed by atoms with Crippen molar-refractivity contribution in [2.75, 3.05) is 13.1 Å². The minimum atomic E-state index is -4.19. The average Bonchev–Trinajstić information content (AvgIpc) is 2.28.